The SMILES string of the molecule is CN=C(NCc1ccc(F)cc1CSC)NCc1ccccc1Cn1cccn1.I. The summed E-state index contributed by atoms with van der Waals surface area (Å²) in [7, 11) is 1.75. The molecule has 0 bridgehead atoms. The van der Waals surface area contributed by atoms with Crippen LogP contribution >= 0.6 is 35.7 Å². The standard InChI is InChI=1S/C22H26FN5S.HI/c1-24-22(26-14-18-8-9-21(23)12-20(18)16-29-2)25-13-17-6-3-4-7-19(17)15-28-11-5-10-27-28;/h3-12H,13-16H2,1-2H3,(H2,24,25,26);1H. The van der Waals surface area contributed by atoms with Crippen LogP contribution in [0, 0.1) is 5.82 Å². The normalized spacial score (nSPS) is 11.1. The molecule has 2 aromatic carbocycles. The molecule has 5 nitrogen and oxygen atoms in total. The van der Waals surface area contributed by atoms with Gasteiger partial charge in [0, 0.05) is 38.3 Å². The van der Waals surface area contributed by atoms with Gasteiger partial charge >= 0.3 is 0 Å². The Hall–Kier alpha value is -2.07. The maximum atomic E-state index is 13.5. The summed E-state index contributed by atoms with van der Waals surface area (Å²) in [4.78, 5) is 4.31. The van der Waals surface area contributed by atoms with E-state index in [2.05, 4.69) is 32.9 Å². The van der Waals surface area contributed by atoms with Crippen LogP contribution in [0.4, 0.5) is 4.39 Å². The van der Waals surface area contributed by atoms with Crippen LogP contribution in [-0.2, 0) is 25.4 Å². The van der Waals surface area contributed by atoms with Crippen molar-refractivity contribution < 1.29 is 4.39 Å². The van der Waals surface area contributed by atoms with Gasteiger partial charge in [-0.25, -0.2) is 4.39 Å². The highest BCUT2D eigenvalue weighted by Gasteiger charge is 2.07. The Kier molecular flexibility index (Phi) is 10.2. The molecule has 8 heteroatoms. The molecular formula is C22H27FIN5S. The van der Waals surface area contributed by atoms with Gasteiger partial charge in [-0.1, -0.05) is 30.3 Å². The molecule has 0 aliphatic carbocycles. The minimum atomic E-state index is -0.200. The summed E-state index contributed by atoms with van der Waals surface area (Å²) in [6.45, 7) is 1.97. The van der Waals surface area contributed by atoms with E-state index in [9.17, 15) is 4.39 Å². The summed E-state index contributed by atoms with van der Waals surface area (Å²) in [5.74, 6) is 1.29. The molecule has 0 saturated carbocycles. The van der Waals surface area contributed by atoms with Gasteiger partial charge in [0.25, 0.3) is 0 Å². The number of hydrogen-bond donors (Lipinski definition) is 2. The lowest BCUT2D eigenvalue weighted by molar-refractivity contribution is 0.625. The Balaban J connectivity index is 0.00000320. The molecule has 0 radical (unpaired) electrons. The quantitative estimate of drug-likeness (QED) is 0.253. The van der Waals surface area contributed by atoms with Crippen molar-refractivity contribution in [3.63, 3.8) is 0 Å². The van der Waals surface area contributed by atoms with Crippen LogP contribution in [0.3, 0.4) is 0 Å². The molecule has 30 heavy (non-hydrogen) atoms. The predicted molar refractivity (Wildman–Crippen MR) is 134 cm³/mol. The maximum absolute atomic E-state index is 13.5. The zero-order valence-electron chi connectivity index (χ0n) is 17.1. The monoisotopic (exact) mass is 539 g/mol. The zero-order chi connectivity index (χ0) is 20.5. The Labute approximate surface area is 198 Å². The second kappa shape index (κ2) is 12.6. The highest BCUT2D eigenvalue weighted by Crippen LogP contribution is 2.16. The fourth-order valence-electron chi connectivity index (χ4n) is 3.09. The lowest BCUT2D eigenvalue weighted by Gasteiger charge is -2.16. The molecular weight excluding hydrogens is 512 g/mol. The molecule has 0 spiro atoms. The predicted octanol–water partition coefficient (Wildman–Crippen LogP) is 4.42. The van der Waals surface area contributed by atoms with Crippen LogP contribution in [0.5, 0.6) is 0 Å². The van der Waals surface area contributed by atoms with Crippen molar-refractivity contribution in [2.24, 2.45) is 4.99 Å². The molecule has 0 aliphatic rings. The number of nitrogens with one attached hydrogen (secondary N) is 2. The molecule has 1 heterocycles. The first kappa shape index (κ1) is 24.2. The molecule has 0 saturated heterocycles. The van der Waals surface area contributed by atoms with E-state index in [-0.39, 0.29) is 29.8 Å². The minimum Gasteiger partial charge on any atom is -0.352 e. The van der Waals surface area contributed by atoms with Crippen LogP contribution in [0.15, 0.2) is 65.9 Å². The van der Waals surface area contributed by atoms with Gasteiger partial charge in [0.15, 0.2) is 5.96 Å². The summed E-state index contributed by atoms with van der Waals surface area (Å²) in [6, 6.07) is 15.2. The molecule has 2 N–H and O–H groups in total. The number of guanidine groups is 1. The largest absolute Gasteiger partial charge is 0.352 e. The molecule has 0 aliphatic heterocycles. The number of rotatable bonds is 8. The number of aliphatic imine (C=N–C) groups is 1. The fourth-order valence-corrected chi connectivity index (χ4v) is 3.67. The first-order valence-electron chi connectivity index (χ1n) is 9.44. The van der Waals surface area contributed by atoms with Gasteiger partial charge in [-0.15, -0.1) is 24.0 Å². The third kappa shape index (κ3) is 7.02. The molecule has 1 aromatic heterocycles. The van der Waals surface area contributed by atoms with Gasteiger partial charge in [-0.3, -0.25) is 9.67 Å². The Morgan fingerprint density at radius 3 is 2.37 bits per heavy atom. The summed E-state index contributed by atoms with van der Waals surface area (Å²) in [5, 5.41) is 11.0. The third-order valence-electron chi connectivity index (χ3n) is 4.59. The number of aromatic nitrogens is 2. The zero-order valence-corrected chi connectivity index (χ0v) is 20.3. The van der Waals surface area contributed by atoms with Gasteiger partial charge in [0.1, 0.15) is 5.82 Å². The third-order valence-corrected chi connectivity index (χ3v) is 5.19. The molecule has 3 rings (SSSR count). The Morgan fingerprint density at radius 1 is 1.03 bits per heavy atom. The van der Waals surface area contributed by atoms with Crippen LogP contribution in [-0.4, -0.2) is 29.0 Å². The Bertz CT molecular complexity index is 946. The topological polar surface area (TPSA) is 54.2 Å². The lowest BCUT2D eigenvalue weighted by Crippen LogP contribution is -2.36. The van der Waals surface area contributed by atoms with Crippen LogP contribution in [0.2, 0.25) is 0 Å². The van der Waals surface area contributed by atoms with Crippen molar-refractivity contribution in [1.82, 2.24) is 20.4 Å². The highest BCUT2D eigenvalue weighted by atomic mass is 127. The number of thioether (sulfide) groups is 1. The van der Waals surface area contributed by atoms with E-state index in [1.54, 1.807) is 31.1 Å². The van der Waals surface area contributed by atoms with Gasteiger partial charge in [-0.2, -0.15) is 16.9 Å². The van der Waals surface area contributed by atoms with Crippen LogP contribution in [0.1, 0.15) is 22.3 Å². The fraction of sp³-hybridized carbons (Fsp3) is 0.273. The number of nitrogens with zero attached hydrogens (tertiary/aromatic N) is 3. The summed E-state index contributed by atoms with van der Waals surface area (Å²) >= 11 is 1.68. The van der Waals surface area contributed by atoms with E-state index in [1.165, 1.54) is 17.2 Å². The number of hydrogen-bond acceptors (Lipinski definition) is 3. The average Bonchev–Trinajstić information content (AvgIpc) is 3.24. The average molecular weight is 539 g/mol. The summed E-state index contributed by atoms with van der Waals surface area (Å²) in [5.41, 5.74) is 4.48. The lowest BCUT2D eigenvalue weighted by atomic mass is 10.1. The first-order valence-corrected chi connectivity index (χ1v) is 10.8. The second-order valence-electron chi connectivity index (χ2n) is 6.60. The van der Waals surface area contributed by atoms with E-state index in [0.29, 0.717) is 19.0 Å². The first-order chi connectivity index (χ1) is 14.2. The van der Waals surface area contributed by atoms with E-state index < -0.39 is 0 Å². The smallest absolute Gasteiger partial charge is 0.191 e. The van der Waals surface area contributed by atoms with Crippen LogP contribution in [0.25, 0.3) is 0 Å². The van der Waals surface area contributed by atoms with E-state index >= 15 is 0 Å². The summed E-state index contributed by atoms with van der Waals surface area (Å²) < 4.78 is 15.5. The van der Waals surface area contributed by atoms with Crippen molar-refractivity contribution in [2.45, 2.75) is 25.4 Å². The Morgan fingerprint density at radius 2 is 1.73 bits per heavy atom. The van der Waals surface area contributed by atoms with Gasteiger partial charge in [-0.05, 0) is 46.7 Å². The molecule has 0 fully saturated rings. The minimum absolute atomic E-state index is 0. The van der Waals surface area contributed by atoms with Crippen molar-refractivity contribution in [2.75, 3.05) is 13.3 Å². The van der Waals surface area contributed by atoms with E-state index in [4.69, 9.17) is 0 Å². The van der Waals surface area contributed by atoms with E-state index in [0.717, 1.165) is 23.4 Å². The second-order valence-corrected chi connectivity index (χ2v) is 7.46. The molecule has 0 unspecified atom stereocenters. The van der Waals surface area contributed by atoms with Crippen LogP contribution < -0.4 is 10.6 Å². The molecule has 3 aromatic rings. The van der Waals surface area contributed by atoms with Crippen molar-refractivity contribution in [1.29, 1.82) is 0 Å². The van der Waals surface area contributed by atoms with E-state index in [1.807, 2.05) is 41.4 Å². The van der Waals surface area contributed by atoms with Gasteiger partial charge in [0.05, 0.1) is 6.54 Å². The maximum Gasteiger partial charge on any atom is 0.191 e. The molecule has 160 valence electrons. The van der Waals surface area contributed by atoms with Crippen molar-refractivity contribution in [3.8, 4) is 0 Å². The highest BCUT2D eigenvalue weighted by molar-refractivity contribution is 14.0. The number of halogens is 2. The van der Waals surface area contributed by atoms with Gasteiger partial charge in [0.2, 0.25) is 0 Å². The van der Waals surface area contributed by atoms with Crippen molar-refractivity contribution in [3.05, 3.63) is 89.0 Å². The summed E-state index contributed by atoms with van der Waals surface area (Å²) in [6.07, 6.45) is 5.76. The van der Waals surface area contributed by atoms with Crippen molar-refractivity contribution >= 4 is 41.7 Å². The molecule has 0 atom stereocenters. The van der Waals surface area contributed by atoms with Gasteiger partial charge < -0.3 is 10.6 Å². The number of benzene rings is 2. The molecule has 0 amide bonds.